The van der Waals surface area contributed by atoms with Gasteiger partial charge in [-0.2, -0.15) is 8.42 Å². The van der Waals surface area contributed by atoms with Gasteiger partial charge in [-0.3, -0.25) is 16.8 Å². The van der Waals surface area contributed by atoms with E-state index in [1.54, 1.807) is 0 Å². The van der Waals surface area contributed by atoms with E-state index in [-0.39, 0.29) is 348 Å². The van der Waals surface area contributed by atoms with Crippen molar-refractivity contribution in [2.45, 2.75) is 81.7 Å². The molecule has 0 rings (SSSR count). The molecule has 0 spiro atoms. The predicted octanol–water partition coefficient (Wildman–Crippen LogP) is -11.3. The van der Waals surface area contributed by atoms with Crippen LogP contribution >= 0.6 is 8.65 Å². The van der Waals surface area contributed by atoms with Crippen molar-refractivity contribution in [3.63, 3.8) is 0 Å². The fraction of sp³-hybridized carbons (Fsp3) is 1.00. The minimum atomic E-state index is -5.17. The second-order valence-electron chi connectivity index (χ2n) is 3.04. The van der Waals surface area contributed by atoms with Crippen LogP contribution in [0.4, 0.5) is 0 Å². The van der Waals surface area contributed by atoms with Gasteiger partial charge < -0.3 is 67.5 Å². The Morgan fingerprint density at radius 2 is 0.690 bits per heavy atom. The minimum absolute atomic E-state index is 0. The summed E-state index contributed by atoms with van der Waals surface area (Å²) in [6, 6.07) is 0. The first kappa shape index (κ1) is 236. The zero-order valence-electron chi connectivity index (χ0n) is 31.0. The van der Waals surface area contributed by atoms with E-state index in [4.69, 9.17) is 78.4 Å². The van der Waals surface area contributed by atoms with E-state index in [1.807, 2.05) is 0 Å². The first-order valence-electron chi connectivity index (χ1n) is 6.63. The topological polar surface area (TPSA) is 783 Å². The molecule has 40 nitrogen and oxygen atoms in total. The fourth-order valence-electron chi connectivity index (χ4n) is 0.222. The number of hydrogen-bond donors (Lipinski definition) is 3. The third-order valence-corrected chi connectivity index (χ3v) is 27.2. The summed E-state index contributed by atoms with van der Waals surface area (Å²) in [7, 11) is -5.78. The van der Waals surface area contributed by atoms with Crippen LogP contribution in [0.1, 0.15) is 87.4 Å². The Labute approximate surface area is 626 Å². The van der Waals surface area contributed by atoms with Crippen LogP contribution in [0.25, 0.3) is 0 Å². The Morgan fingerprint density at radius 3 is 0.817 bits per heavy atom. The van der Waals surface area contributed by atoms with Crippen molar-refractivity contribution in [3.05, 3.63) is 0 Å². The Hall–Kier alpha value is 9.18. The van der Waals surface area contributed by atoms with Gasteiger partial charge in [-0.15, -0.1) is 7.96 Å². The molecule has 0 fully saturated rings. The zero-order valence-corrected chi connectivity index (χ0v) is 83.4. The Kier molecular flexibility index (Phi) is 638. The average Bonchev–Trinajstić information content (AvgIpc) is 2.80. The van der Waals surface area contributed by atoms with Crippen molar-refractivity contribution in [2.24, 2.45) is 0 Å². The molecule has 60 heteroatoms. The van der Waals surface area contributed by atoms with Gasteiger partial charge in [0.25, 0.3) is 0 Å². The van der Waals surface area contributed by atoms with E-state index < -0.39 is 156 Å². The number of hydrogen-bond acceptors (Lipinski definition) is 32. The van der Waals surface area contributed by atoms with Crippen molar-refractivity contribution in [1.29, 1.82) is 0 Å². The van der Waals surface area contributed by atoms with E-state index in [1.165, 1.54) is 0 Å². The van der Waals surface area contributed by atoms with Crippen molar-refractivity contribution in [2.75, 3.05) is 0 Å². The van der Waals surface area contributed by atoms with Crippen LogP contribution in [0, 0.1) is 0 Å². The monoisotopic (exact) mass is 3600 g/mol. The summed E-state index contributed by atoms with van der Waals surface area (Å²) in [6.07, 6.45) is 0. The van der Waals surface area contributed by atoms with Gasteiger partial charge in [-0.1, -0.05) is 91.1 Å². The van der Waals surface area contributed by atoms with Crippen LogP contribution < -0.4 is 0 Å². The summed E-state index contributed by atoms with van der Waals surface area (Å²) >= 11 is -14.8. The molecule has 0 saturated heterocycles. The predicted molar refractivity (Wildman–Crippen MR) is 277 cm³/mol. The van der Waals surface area contributed by atoms with Gasteiger partial charge in [0.2, 0.25) is 0 Å². The van der Waals surface area contributed by atoms with Gasteiger partial charge in [-0.25, -0.2) is 10.5 Å². The third kappa shape index (κ3) is 638. The molecule has 71 heavy (non-hydrogen) atoms. The van der Waals surface area contributed by atoms with Crippen molar-refractivity contribution in [1.82, 2.24) is 0 Å². The van der Waals surface area contributed by atoms with E-state index in [2.05, 4.69) is 39.5 Å². The van der Waals surface area contributed by atoms with Crippen molar-refractivity contribution >= 4 is 376 Å². The molecule has 21 N–H and O–H groups in total. The van der Waals surface area contributed by atoms with Crippen LogP contribution in [-0.2, 0) is 105 Å². The Morgan fingerprint density at radius 1 is 0.507 bits per heavy atom. The summed E-state index contributed by atoms with van der Waals surface area (Å²) in [5.74, 6) is 0. The molecule has 0 aromatic rings. The normalized spacial score (nSPS) is 6.30. The molecule has 2 atom stereocenters. The molecule has 445 valence electrons. The molecular weight excluding hydrogens is 3520 g/mol. The number of rotatable bonds is 10. The molecule has 0 aliphatic rings. The molecule has 0 bridgehead atoms. The van der Waals surface area contributed by atoms with Crippen LogP contribution in [-0.4, -0.2) is 438 Å². The van der Waals surface area contributed by atoms with E-state index in [9.17, 15) is 16.8 Å². The Balaban J connectivity index is -0.00000000564. The van der Waals surface area contributed by atoms with Gasteiger partial charge in [0.05, 0.1) is 0 Å². The summed E-state index contributed by atoms with van der Waals surface area (Å²) in [5, 5.41) is 32.0. The van der Waals surface area contributed by atoms with Crippen LogP contribution in [0.2, 0.25) is 0 Å². The van der Waals surface area contributed by atoms with Gasteiger partial charge in [-0.05, 0) is 0 Å². The maximum absolute atomic E-state index is 10.0. The quantitative estimate of drug-likeness (QED) is 0.0601. The molecule has 0 amide bonds. The van der Waals surface area contributed by atoms with Crippen molar-refractivity contribution < 1.29 is 181 Å². The van der Waals surface area contributed by atoms with Crippen LogP contribution in [0.5, 0.6) is 0 Å². The van der Waals surface area contributed by atoms with Gasteiger partial charge >= 0.3 is 416 Å². The third-order valence-electron chi connectivity index (χ3n) is 0.583. The second kappa shape index (κ2) is 192. The first-order chi connectivity index (χ1) is 20.2. The summed E-state index contributed by atoms with van der Waals surface area (Å²) in [5.41, 5.74) is 0. The van der Waals surface area contributed by atoms with Gasteiger partial charge in [0, 0.05) is 20.8 Å². The van der Waals surface area contributed by atoms with E-state index >= 15 is 0 Å². The molecule has 17 radical (unpaired) electrons. The van der Waals surface area contributed by atoms with Crippen LogP contribution in [0.3, 0.4) is 0 Å². The maximum atomic E-state index is 10.0. The fourth-order valence-corrected chi connectivity index (χ4v) is 26.2. The zero-order chi connectivity index (χ0) is 38.2. The summed E-state index contributed by atoms with van der Waals surface area (Å²) < 4.78 is 197. The van der Waals surface area contributed by atoms with Crippen molar-refractivity contribution in [3.8, 4) is 0 Å². The Bertz CT molecular complexity index is 1410. The molecule has 0 aliphatic heterocycles. The summed E-state index contributed by atoms with van der Waals surface area (Å²) in [6.45, 7) is -5.57. The molecule has 0 saturated carbocycles. The van der Waals surface area contributed by atoms with Crippen LogP contribution in [0.15, 0.2) is 0 Å². The van der Waals surface area contributed by atoms with E-state index in [0.29, 0.717) is 0 Å². The second-order valence-corrected chi connectivity index (χ2v) is 36.1. The molecule has 0 aliphatic carbocycles. The molecule has 0 heterocycles. The molecule has 2 unspecified atom stereocenters. The molecule has 0 aromatic heterocycles. The standard InChI is InChI=1S/11CH4.H2O8S2.2H2O4S.H2O4.3O2S.9H2O.5O.12Pb.S.4H/c;;;;;;;;;;;1-5-7-10(4)8-9(3)6-2;2*1-5(2,3)4;1-3-4-2;3*1-3-2;;;;;;;;;;;;;;;;;;;;;;;;;;;;;;;/h11*1H4;1-2H;2*(H2,1,2,3,4);1-2H;;;;9*1H2;;;;;;;;;;;;;;;;;;;;;;/q;;;;;;;;;;;;;;;;;;;;;;;;;;;;;;;;;;;;;;;+1;4*+2;;;;;/p-1. The first-order valence-corrected chi connectivity index (χ1v) is 45.1. The van der Waals surface area contributed by atoms with Gasteiger partial charge in [0.15, 0.2) is 0 Å². The molecular formula is C11H73O40Pb12S8+8. The molecule has 0 aromatic carbocycles. The average molecular weight is 3590 g/mol. The van der Waals surface area contributed by atoms with E-state index in [0.717, 1.165) is 0 Å². The van der Waals surface area contributed by atoms with Gasteiger partial charge in [0.1, 0.15) is 0 Å². The summed E-state index contributed by atoms with van der Waals surface area (Å²) in [4.78, 5) is 0. The SMILES string of the molecule is C.C.C.C.C.C.C.C.C.C.C.O.O.O.O.O.O.O.O.O.O=S(=O)([O-])[O-].O=S(=O)([O-])[O-].O=S(OO)OS(=O)OOO.O=[S](=O)=[Pb].O=[S](=O)=[Pb].O=[S](=O)=[Pb][O][Pb](=[S])[O]OOO.[H+].[H+].[H+].[H+].[O]=[Pb]=[O].[O]=[Pb]=[O].[Pb+2].[Pb+2].[Pb+2].[Pb+2].[PbH2].[PbH2].